The van der Waals surface area contributed by atoms with Crippen LogP contribution >= 0.6 is 11.6 Å². The van der Waals surface area contributed by atoms with Crippen LogP contribution in [0.25, 0.3) is 0 Å². The van der Waals surface area contributed by atoms with Crippen LogP contribution in [0.4, 0.5) is 0 Å². The van der Waals surface area contributed by atoms with Gasteiger partial charge in [-0.2, -0.15) is 0 Å². The molecule has 5 heteroatoms. The van der Waals surface area contributed by atoms with E-state index in [9.17, 15) is 9.59 Å². The lowest BCUT2D eigenvalue weighted by atomic mass is 10.2. The highest BCUT2D eigenvalue weighted by Crippen LogP contribution is 2.10. The Balaban J connectivity index is 1.75. The summed E-state index contributed by atoms with van der Waals surface area (Å²) in [5.74, 6) is -0.376. The molecule has 0 aliphatic rings. The first kappa shape index (κ1) is 15.1. The van der Waals surface area contributed by atoms with E-state index >= 15 is 0 Å². The first-order valence-electron chi connectivity index (χ1n) is 6.54. The van der Waals surface area contributed by atoms with Crippen molar-refractivity contribution in [3.05, 3.63) is 70.7 Å². The summed E-state index contributed by atoms with van der Waals surface area (Å²) in [6.45, 7) is 0.712. The summed E-state index contributed by atoms with van der Waals surface area (Å²) in [5.41, 5.74) is 1.09. The van der Waals surface area contributed by atoms with Gasteiger partial charge in [0.05, 0.1) is 0 Å². The van der Waals surface area contributed by atoms with Crippen molar-refractivity contribution in [2.24, 2.45) is 0 Å². The predicted molar refractivity (Wildman–Crippen MR) is 82.6 cm³/mol. The van der Waals surface area contributed by atoms with Gasteiger partial charge >= 0.3 is 0 Å². The lowest BCUT2D eigenvalue weighted by Gasteiger charge is -2.07. The third-order valence-electron chi connectivity index (χ3n) is 2.82. The molecule has 0 aliphatic heterocycles. The molecule has 0 atom stereocenters. The van der Waals surface area contributed by atoms with Crippen molar-refractivity contribution in [3.63, 3.8) is 0 Å². The maximum Gasteiger partial charge on any atom is 0.251 e. The van der Waals surface area contributed by atoms with Crippen molar-refractivity contribution in [2.75, 3.05) is 13.1 Å². The Morgan fingerprint density at radius 1 is 0.810 bits per heavy atom. The van der Waals surface area contributed by atoms with Gasteiger partial charge in [0.25, 0.3) is 11.8 Å². The monoisotopic (exact) mass is 302 g/mol. The molecule has 21 heavy (non-hydrogen) atoms. The summed E-state index contributed by atoms with van der Waals surface area (Å²) >= 11 is 5.82. The molecule has 2 amide bonds. The van der Waals surface area contributed by atoms with Crippen LogP contribution in [0.15, 0.2) is 54.6 Å². The molecular weight excluding hydrogens is 288 g/mol. The van der Waals surface area contributed by atoms with Gasteiger partial charge in [-0.1, -0.05) is 35.9 Å². The van der Waals surface area contributed by atoms with E-state index in [4.69, 9.17) is 11.6 Å². The summed E-state index contributed by atoms with van der Waals surface area (Å²) in [5, 5.41) is 5.97. The Bertz CT molecular complexity index is 629. The molecule has 2 aromatic rings. The maximum atomic E-state index is 11.8. The second-order valence-corrected chi connectivity index (χ2v) is 4.82. The molecule has 0 fully saturated rings. The Kier molecular flexibility index (Phi) is 5.35. The molecule has 0 saturated carbocycles. The normalized spacial score (nSPS) is 9.95. The molecule has 108 valence electrons. The topological polar surface area (TPSA) is 58.2 Å². The summed E-state index contributed by atoms with van der Waals surface area (Å²) in [6, 6.07) is 15.6. The van der Waals surface area contributed by atoms with Crippen LogP contribution in [-0.4, -0.2) is 24.9 Å². The highest BCUT2D eigenvalue weighted by atomic mass is 35.5. The number of amides is 2. The van der Waals surface area contributed by atoms with E-state index in [1.54, 1.807) is 48.5 Å². The molecule has 2 aromatic carbocycles. The molecule has 0 spiro atoms. The maximum absolute atomic E-state index is 11.8. The molecule has 0 saturated heterocycles. The van der Waals surface area contributed by atoms with Crippen molar-refractivity contribution in [2.45, 2.75) is 0 Å². The van der Waals surface area contributed by atoms with Gasteiger partial charge in [0, 0.05) is 29.2 Å². The van der Waals surface area contributed by atoms with Crippen molar-refractivity contribution < 1.29 is 9.59 Å². The zero-order chi connectivity index (χ0) is 15.1. The smallest absolute Gasteiger partial charge is 0.251 e. The second-order valence-electron chi connectivity index (χ2n) is 4.39. The van der Waals surface area contributed by atoms with Crippen LogP contribution in [0, 0.1) is 0 Å². The van der Waals surface area contributed by atoms with Crippen LogP contribution in [0.1, 0.15) is 20.7 Å². The molecular formula is C16H15ClN2O2. The quantitative estimate of drug-likeness (QED) is 0.834. The lowest BCUT2D eigenvalue weighted by Crippen LogP contribution is -2.34. The van der Waals surface area contributed by atoms with E-state index in [0.717, 1.165) is 0 Å². The largest absolute Gasteiger partial charge is 0.350 e. The van der Waals surface area contributed by atoms with E-state index < -0.39 is 0 Å². The van der Waals surface area contributed by atoms with Crippen molar-refractivity contribution in [3.8, 4) is 0 Å². The number of nitrogens with one attached hydrogen (secondary N) is 2. The van der Waals surface area contributed by atoms with E-state index in [0.29, 0.717) is 29.2 Å². The van der Waals surface area contributed by atoms with Gasteiger partial charge in [0.15, 0.2) is 0 Å². The van der Waals surface area contributed by atoms with Gasteiger partial charge in [0.1, 0.15) is 0 Å². The first-order valence-corrected chi connectivity index (χ1v) is 6.91. The van der Waals surface area contributed by atoms with Gasteiger partial charge < -0.3 is 10.6 Å². The van der Waals surface area contributed by atoms with Crippen LogP contribution in [-0.2, 0) is 0 Å². The van der Waals surface area contributed by atoms with Crippen molar-refractivity contribution >= 4 is 23.4 Å². The summed E-state index contributed by atoms with van der Waals surface area (Å²) in [6.07, 6.45) is 0. The van der Waals surface area contributed by atoms with Gasteiger partial charge in [0.2, 0.25) is 0 Å². The standard InChI is InChI=1S/C16H15ClN2O2/c17-14-8-4-7-13(11-14)16(21)19-10-9-18-15(20)12-5-2-1-3-6-12/h1-8,11H,9-10H2,(H,18,20)(H,19,21). The molecule has 0 radical (unpaired) electrons. The average molecular weight is 303 g/mol. The van der Waals surface area contributed by atoms with E-state index in [1.165, 1.54) is 0 Å². The minimum atomic E-state index is -0.216. The van der Waals surface area contributed by atoms with Gasteiger partial charge in [-0.15, -0.1) is 0 Å². The summed E-state index contributed by atoms with van der Waals surface area (Å²) in [7, 11) is 0. The van der Waals surface area contributed by atoms with Gasteiger partial charge in [-0.3, -0.25) is 9.59 Å². The number of halogens is 1. The fraction of sp³-hybridized carbons (Fsp3) is 0.125. The zero-order valence-electron chi connectivity index (χ0n) is 11.3. The minimum absolute atomic E-state index is 0.160. The lowest BCUT2D eigenvalue weighted by molar-refractivity contribution is 0.0927. The third kappa shape index (κ3) is 4.61. The van der Waals surface area contributed by atoms with E-state index in [1.807, 2.05) is 6.07 Å². The number of hydrogen-bond acceptors (Lipinski definition) is 2. The number of hydrogen-bond donors (Lipinski definition) is 2. The summed E-state index contributed by atoms with van der Waals surface area (Å²) in [4.78, 5) is 23.6. The Morgan fingerprint density at radius 2 is 1.38 bits per heavy atom. The molecule has 0 aliphatic carbocycles. The Hall–Kier alpha value is -2.33. The molecule has 2 N–H and O–H groups in total. The molecule has 4 nitrogen and oxygen atoms in total. The first-order chi connectivity index (χ1) is 10.2. The predicted octanol–water partition coefficient (Wildman–Crippen LogP) is 2.50. The Labute approximate surface area is 128 Å². The fourth-order valence-corrected chi connectivity index (χ4v) is 1.97. The highest BCUT2D eigenvalue weighted by Gasteiger charge is 2.06. The van der Waals surface area contributed by atoms with Gasteiger partial charge in [-0.25, -0.2) is 0 Å². The second kappa shape index (κ2) is 7.45. The third-order valence-corrected chi connectivity index (χ3v) is 3.05. The van der Waals surface area contributed by atoms with Crippen LogP contribution in [0.3, 0.4) is 0 Å². The Morgan fingerprint density at radius 3 is 2.00 bits per heavy atom. The minimum Gasteiger partial charge on any atom is -0.350 e. The molecule has 0 aromatic heterocycles. The fourth-order valence-electron chi connectivity index (χ4n) is 1.78. The average Bonchev–Trinajstić information content (AvgIpc) is 2.52. The van der Waals surface area contributed by atoms with Crippen LogP contribution in [0.2, 0.25) is 5.02 Å². The van der Waals surface area contributed by atoms with Crippen molar-refractivity contribution in [1.29, 1.82) is 0 Å². The van der Waals surface area contributed by atoms with Crippen molar-refractivity contribution in [1.82, 2.24) is 10.6 Å². The zero-order valence-corrected chi connectivity index (χ0v) is 12.1. The molecule has 0 unspecified atom stereocenters. The number of benzene rings is 2. The number of rotatable bonds is 5. The molecule has 2 rings (SSSR count). The molecule has 0 bridgehead atoms. The highest BCUT2D eigenvalue weighted by molar-refractivity contribution is 6.30. The van der Waals surface area contributed by atoms with E-state index in [2.05, 4.69) is 10.6 Å². The number of carbonyl (C=O) groups excluding carboxylic acids is 2. The van der Waals surface area contributed by atoms with Crippen LogP contribution < -0.4 is 10.6 Å². The van der Waals surface area contributed by atoms with E-state index in [-0.39, 0.29) is 11.8 Å². The van der Waals surface area contributed by atoms with Gasteiger partial charge in [-0.05, 0) is 30.3 Å². The SMILES string of the molecule is O=C(NCCNC(=O)c1cccc(Cl)c1)c1ccccc1. The number of carbonyl (C=O) groups is 2. The van der Waals surface area contributed by atoms with Crippen LogP contribution in [0.5, 0.6) is 0 Å². The summed E-state index contributed by atoms with van der Waals surface area (Å²) < 4.78 is 0. The molecule has 0 heterocycles.